The zero-order chi connectivity index (χ0) is 20.2. The van der Waals surface area contributed by atoms with Crippen molar-refractivity contribution in [2.24, 2.45) is 0 Å². The number of hydrogen-bond acceptors (Lipinski definition) is 8. The number of rotatable bonds is 5. The number of aryl methyl sites for hydroxylation is 1. The molecule has 9 heteroatoms. The van der Waals surface area contributed by atoms with E-state index in [9.17, 15) is 10.1 Å². The van der Waals surface area contributed by atoms with Gasteiger partial charge in [0, 0.05) is 68.0 Å². The molecule has 1 aliphatic rings. The quantitative estimate of drug-likeness (QED) is 0.483. The standard InChI is InChI=1S/C20H21N7O2/c1-2-16-14-18(24-19(23-16)15-4-6-17(7-5-15)27(28)29)25-10-12-26(13-11-25)20-21-8-3-9-22-20/h3-9,14H,2,10-13H2,1H3. The van der Waals surface area contributed by atoms with Crippen LogP contribution >= 0.6 is 0 Å². The van der Waals surface area contributed by atoms with Crippen molar-refractivity contribution >= 4 is 17.5 Å². The smallest absolute Gasteiger partial charge is 0.269 e. The molecule has 9 nitrogen and oxygen atoms in total. The summed E-state index contributed by atoms with van der Waals surface area (Å²) in [4.78, 5) is 32.9. The molecule has 0 spiro atoms. The molecule has 0 saturated carbocycles. The minimum atomic E-state index is -0.408. The normalized spacial score (nSPS) is 14.1. The minimum absolute atomic E-state index is 0.0554. The van der Waals surface area contributed by atoms with E-state index in [0.29, 0.717) is 5.82 Å². The lowest BCUT2D eigenvalue weighted by atomic mass is 10.2. The van der Waals surface area contributed by atoms with E-state index in [-0.39, 0.29) is 5.69 Å². The van der Waals surface area contributed by atoms with E-state index in [1.54, 1.807) is 24.5 Å². The molecule has 0 N–H and O–H groups in total. The highest BCUT2D eigenvalue weighted by atomic mass is 16.6. The molecule has 0 atom stereocenters. The Hall–Kier alpha value is -3.62. The first-order valence-electron chi connectivity index (χ1n) is 9.53. The second kappa shape index (κ2) is 8.17. The highest BCUT2D eigenvalue weighted by Gasteiger charge is 2.21. The van der Waals surface area contributed by atoms with Crippen LogP contribution in [0.15, 0.2) is 48.8 Å². The number of anilines is 2. The Bertz CT molecular complexity index is 987. The number of benzene rings is 1. The molecule has 0 aliphatic carbocycles. The van der Waals surface area contributed by atoms with Crippen LogP contribution in [0.5, 0.6) is 0 Å². The molecule has 4 rings (SSSR count). The van der Waals surface area contributed by atoms with Crippen LogP contribution in [0, 0.1) is 10.1 Å². The number of hydrogen-bond donors (Lipinski definition) is 0. The Morgan fingerprint density at radius 1 is 1.00 bits per heavy atom. The van der Waals surface area contributed by atoms with Crippen LogP contribution in [0.3, 0.4) is 0 Å². The van der Waals surface area contributed by atoms with E-state index in [0.717, 1.165) is 55.6 Å². The molecule has 3 aromatic rings. The Morgan fingerprint density at radius 3 is 2.28 bits per heavy atom. The van der Waals surface area contributed by atoms with E-state index < -0.39 is 4.92 Å². The largest absolute Gasteiger partial charge is 0.353 e. The lowest BCUT2D eigenvalue weighted by Crippen LogP contribution is -2.47. The first-order valence-corrected chi connectivity index (χ1v) is 9.53. The maximum Gasteiger partial charge on any atom is 0.269 e. The molecule has 1 aromatic carbocycles. The fraction of sp³-hybridized carbons (Fsp3) is 0.300. The molecule has 3 heterocycles. The van der Waals surface area contributed by atoms with Gasteiger partial charge in [-0.05, 0) is 24.6 Å². The molecule has 29 heavy (non-hydrogen) atoms. The van der Waals surface area contributed by atoms with Crippen LogP contribution in [-0.2, 0) is 6.42 Å². The lowest BCUT2D eigenvalue weighted by molar-refractivity contribution is -0.384. The summed E-state index contributed by atoms with van der Waals surface area (Å²) in [6.45, 7) is 5.28. The topological polar surface area (TPSA) is 101 Å². The van der Waals surface area contributed by atoms with E-state index in [4.69, 9.17) is 4.98 Å². The van der Waals surface area contributed by atoms with Crippen molar-refractivity contribution in [2.75, 3.05) is 36.0 Å². The highest BCUT2D eigenvalue weighted by molar-refractivity contribution is 5.60. The third-order valence-electron chi connectivity index (χ3n) is 4.90. The second-order valence-electron chi connectivity index (χ2n) is 6.72. The van der Waals surface area contributed by atoms with Gasteiger partial charge >= 0.3 is 0 Å². The third-order valence-corrected chi connectivity index (χ3v) is 4.90. The summed E-state index contributed by atoms with van der Waals surface area (Å²) < 4.78 is 0. The summed E-state index contributed by atoms with van der Waals surface area (Å²) in [6, 6.07) is 10.2. The predicted octanol–water partition coefficient (Wildman–Crippen LogP) is 2.73. The minimum Gasteiger partial charge on any atom is -0.353 e. The number of piperazine rings is 1. The van der Waals surface area contributed by atoms with Crippen LogP contribution < -0.4 is 9.80 Å². The number of aromatic nitrogens is 4. The molecule has 1 fully saturated rings. The molecular weight excluding hydrogens is 370 g/mol. The van der Waals surface area contributed by atoms with Gasteiger partial charge in [-0.1, -0.05) is 6.92 Å². The van der Waals surface area contributed by atoms with Gasteiger partial charge in [0.05, 0.1) is 4.92 Å². The number of nitro benzene ring substituents is 1. The summed E-state index contributed by atoms with van der Waals surface area (Å²) in [7, 11) is 0. The molecule has 1 aliphatic heterocycles. The fourth-order valence-electron chi connectivity index (χ4n) is 3.28. The maximum atomic E-state index is 10.9. The molecule has 148 valence electrons. The van der Waals surface area contributed by atoms with Crippen molar-refractivity contribution in [3.05, 3.63) is 64.6 Å². The van der Waals surface area contributed by atoms with Crippen LogP contribution in [0.4, 0.5) is 17.5 Å². The Morgan fingerprint density at radius 2 is 1.66 bits per heavy atom. The second-order valence-corrected chi connectivity index (χ2v) is 6.72. The van der Waals surface area contributed by atoms with Crippen LogP contribution in [0.2, 0.25) is 0 Å². The Labute approximate surface area is 168 Å². The van der Waals surface area contributed by atoms with Crippen molar-refractivity contribution < 1.29 is 4.92 Å². The van der Waals surface area contributed by atoms with Crippen LogP contribution in [0.25, 0.3) is 11.4 Å². The van der Waals surface area contributed by atoms with E-state index >= 15 is 0 Å². The molecule has 0 amide bonds. The van der Waals surface area contributed by atoms with Crippen molar-refractivity contribution in [1.82, 2.24) is 19.9 Å². The summed E-state index contributed by atoms with van der Waals surface area (Å²) in [6.07, 6.45) is 4.29. The highest BCUT2D eigenvalue weighted by Crippen LogP contribution is 2.24. The number of nitrogens with zero attached hydrogens (tertiary/aromatic N) is 7. The zero-order valence-electron chi connectivity index (χ0n) is 16.1. The fourth-order valence-corrected chi connectivity index (χ4v) is 3.28. The monoisotopic (exact) mass is 391 g/mol. The average Bonchev–Trinajstić information content (AvgIpc) is 2.79. The Balaban J connectivity index is 1.55. The van der Waals surface area contributed by atoms with Crippen LogP contribution in [0.1, 0.15) is 12.6 Å². The molecule has 0 unspecified atom stereocenters. The first-order chi connectivity index (χ1) is 14.1. The summed E-state index contributed by atoms with van der Waals surface area (Å²) in [5.41, 5.74) is 1.76. The molecule has 0 bridgehead atoms. The van der Waals surface area contributed by atoms with Crippen LogP contribution in [-0.4, -0.2) is 51.0 Å². The lowest BCUT2D eigenvalue weighted by Gasteiger charge is -2.35. The Kier molecular flexibility index (Phi) is 5.28. The zero-order valence-corrected chi connectivity index (χ0v) is 16.1. The summed E-state index contributed by atoms with van der Waals surface area (Å²) in [5, 5.41) is 10.9. The van der Waals surface area contributed by atoms with Gasteiger partial charge in [-0.2, -0.15) is 0 Å². The van der Waals surface area contributed by atoms with Gasteiger partial charge in [-0.25, -0.2) is 19.9 Å². The molecule has 2 aromatic heterocycles. The molecule has 0 radical (unpaired) electrons. The van der Waals surface area contributed by atoms with Gasteiger partial charge in [-0.15, -0.1) is 0 Å². The van der Waals surface area contributed by atoms with E-state index in [1.807, 2.05) is 12.1 Å². The van der Waals surface area contributed by atoms with Crippen molar-refractivity contribution in [3.63, 3.8) is 0 Å². The maximum absolute atomic E-state index is 10.9. The summed E-state index contributed by atoms with van der Waals surface area (Å²) in [5.74, 6) is 2.21. The van der Waals surface area contributed by atoms with Gasteiger partial charge < -0.3 is 9.80 Å². The van der Waals surface area contributed by atoms with Crippen molar-refractivity contribution in [2.45, 2.75) is 13.3 Å². The molecular formula is C20H21N7O2. The van der Waals surface area contributed by atoms with Gasteiger partial charge in [0.2, 0.25) is 5.95 Å². The number of non-ortho nitro benzene ring substituents is 1. The van der Waals surface area contributed by atoms with Gasteiger partial charge in [0.1, 0.15) is 5.82 Å². The van der Waals surface area contributed by atoms with Crippen molar-refractivity contribution in [1.29, 1.82) is 0 Å². The summed E-state index contributed by atoms with van der Waals surface area (Å²) >= 11 is 0. The SMILES string of the molecule is CCc1cc(N2CCN(c3ncccn3)CC2)nc(-c2ccc([N+](=O)[O-])cc2)n1. The van der Waals surface area contributed by atoms with E-state index in [2.05, 4.69) is 31.7 Å². The first kappa shape index (κ1) is 18.7. The van der Waals surface area contributed by atoms with E-state index in [1.165, 1.54) is 12.1 Å². The van der Waals surface area contributed by atoms with Gasteiger partial charge in [-0.3, -0.25) is 10.1 Å². The molecule has 1 saturated heterocycles. The third kappa shape index (κ3) is 4.13. The van der Waals surface area contributed by atoms with Gasteiger partial charge in [0.25, 0.3) is 5.69 Å². The number of nitro groups is 1. The predicted molar refractivity (Wildman–Crippen MR) is 110 cm³/mol. The van der Waals surface area contributed by atoms with Crippen molar-refractivity contribution in [3.8, 4) is 11.4 Å². The van der Waals surface area contributed by atoms with Gasteiger partial charge in [0.15, 0.2) is 5.82 Å². The average molecular weight is 391 g/mol.